The van der Waals surface area contributed by atoms with E-state index in [9.17, 15) is 13.2 Å². The monoisotopic (exact) mass is 435 g/mol. The molecule has 30 heavy (non-hydrogen) atoms. The van der Waals surface area contributed by atoms with E-state index in [-0.39, 0.29) is 24.3 Å². The summed E-state index contributed by atoms with van der Waals surface area (Å²) in [6, 6.07) is 11.2. The highest BCUT2D eigenvalue weighted by Crippen LogP contribution is 2.30. The van der Waals surface area contributed by atoms with Gasteiger partial charge >= 0.3 is 5.97 Å². The average molecular weight is 436 g/mol. The second-order valence-electron chi connectivity index (χ2n) is 7.82. The van der Waals surface area contributed by atoms with E-state index in [0.29, 0.717) is 11.4 Å². The van der Waals surface area contributed by atoms with Gasteiger partial charge in [0.15, 0.2) is 0 Å². The van der Waals surface area contributed by atoms with Crippen LogP contribution >= 0.6 is 0 Å². The smallest absolute Gasteiger partial charge is 0.303 e. The Balaban J connectivity index is 0.000000386. The summed E-state index contributed by atoms with van der Waals surface area (Å²) in [7, 11) is 0.117. The van der Waals surface area contributed by atoms with Crippen LogP contribution in [-0.4, -0.2) is 46.2 Å². The van der Waals surface area contributed by atoms with Crippen LogP contribution in [0, 0.1) is 0 Å². The Bertz CT molecular complexity index is 939. The molecule has 7 nitrogen and oxygen atoms in total. The Morgan fingerprint density at radius 1 is 1.10 bits per heavy atom. The third-order valence-corrected chi connectivity index (χ3v) is 6.66. The second kappa shape index (κ2) is 11.3. The molecule has 0 saturated heterocycles. The molecule has 2 aromatic rings. The fourth-order valence-electron chi connectivity index (χ4n) is 3.55. The maximum Gasteiger partial charge on any atom is 0.303 e. The van der Waals surface area contributed by atoms with E-state index in [4.69, 9.17) is 10.8 Å². The van der Waals surface area contributed by atoms with Crippen molar-refractivity contribution in [3.63, 3.8) is 0 Å². The Hall–Kier alpha value is -2.16. The lowest BCUT2D eigenvalue weighted by Crippen LogP contribution is -2.25. The number of hydrogen-bond donors (Lipinski definition) is 3. The summed E-state index contributed by atoms with van der Waals surface area (Å²) in [6.07, 6.45) is 6.85. The number of nitrogens with two attached hydrogens (primary N) is 1. The summed E-state index contributed by atoms with van der Waals surface area (Å²) >= 11 is 0. The molecule has 166 valence electrons. The van der Waals surface area contributed by atoms with Crippen LogP contribution in [0.3, 0.4) is 0 Å². The van der Waals surface area contributed by atoms with Gasteiger partial charge in [-0.2, -0.15) is 0 Å². The molecule has 1 aliphatic carbocycles. The Morgan fingerprint density at radius 2 is 1.73 bits per heavy atom. The third kappa shape index (κ3) is 6.97. The molecule has 1 fully saturated rings. The zero-order chi connectivity index (χ0) is 22.1. The number of carbonyl (C=O) groups is 1. The van der Waals surface area contributed by atoms with Crippen molar-refractivity contribution in [2.24, 2.45) is 5.73 Å². The number of carboxylic acids is 1. The summed E-state index contributed by atoms with van der Waals surface area (Å²) < 4.78 is 27.5. The summed E-state index contributed by atoms with van der Waals surface area (Å²) in [5.41, 5.74) is 6.57. The van der Waals surface area contributed by atoms with Crippen LogP contribution in [0.15, 0.2) is 41.3 Å². The fraction of sp³-hybridized carbons (Fsp3) is 0.500. The van der Waals surface area contributed by atoms with Crippen molar-refractivity contribution < 1.29 is 18.3 Å². The van der Waals surface area contributed by atoms with Gasteiger partial charge in [-0.25, -0.2) is 13.1 Å². The highest BCUT2D eigenvalue weighted by molar-refractivity contribution is 7.89. The summed E-state index contributed by atoms with van der Waals surface area (Å²) in [6.45, 7) is 0.0956. The van der Waals surface area contributed by atoms with Crippen molar-refractivity contribution in [2.75, 3.05) is 25.5 Å². The standard InChI is InChI=1S/C16H20N2O4S.C6H13N/c1-18(2)14-8-3-7-13-12(14)6-4-9-15(13)23(21,22)17-11-5-10-16(19)20;7-6-4-2-1-3-5-6/h3-4,6-9,17H,5,10-11H2,1-2H3,(H,19,20);6H,1-5,7H2. The Kier molecular flexibility index (Phi) is 9.08. The zero-order valence-electron chi connectivity index (χ0n) is 17.8. The molecule has 3 rings (SSSR count). The summed E-state index contributed by atoms with van der Waals surface area (Å²) in [5.74, 6) is -0.940. The predicted molar refractivity (Wildman–Crippen MR) is 121 cm³/mol. The van der Waals surface area contributed by atoms with Crippen molar-refractivity contribution in [3.05, 3.63) is 36.4 Å². The second-order valence-corrected chi connectivity index (χ2v) is 9.55. The number of aliphatic carboxylic acids is 1. The van der Waals surface area contributed by atoms with E-state index < -0.39 is 16.0 Å². The molecule has 0 atom stereocenters. The highest BCUT2D eigenvalue weighted by atomic mass is 32.2. The van der Waals surface area contributed by atoms with Gasteiger partial charge in [-0.3, -0.25) is 4.79 Å². The number of nitrogens with zero attached hydrogens (tertiary/aromatic N) is 1. The molecule has 1 aliphatic rings. The van der Waals surface area contributed by atoms with Gasteiger partial charge in [0, 0.05) is 49.6 Å². The maximum absolute atomic E-state index is 12.5. The number of nitrogens with one attached hydrogen (secondary N) is 1. The summed E-state index contributed by atoms with van der Waals surface area (Å²) in [4.78, 5) is 12.6. The van der Waals surface area contributed by atoms with Crippen LogP contribution in [0.1, 0.15) is 44.9 Å². The maximum atomic E-state index is 12.5. The van der Waals surface area contributed by atoms with Gasteiger partial charge in [-0.15, -0.1) is 0 Å². The fourth-order valence-corrected chi connectivity index (χ4v) is 4.84. The van der Waals surface area contributed by atoms with Crippen molar-refractivity contribution in [3.8, 4) is 0 Å². The molecule has 0 bridgehead atoms. The van der Waals surface area contributed by atoms with Gasteiger partial charge in [0.2, 0.25) is 10.0 Å². The average Bonchev–Trinajstić information content (AvgIpc) is 2.71. The molecule has 0 aliphatic heterocycles. The zero-order valence-corrected chi connectivity index (χ0v) is 18.6. The Morgan fingerprint density at radius 3 is 2.30 bits per heavy atom. The Labute approximate surface area is 179 Å². The van der Waals surface area contributed by atoms with Crippen molar-refractivity contribution in [1.82, 2.24) is 4.72 Å². The topological polar surface area (TPSA) is 113 Å². The molecule has 0 spiro atoms. The molecular weight excluding hydrogens is 402 g/mol. The van der Waals surface area contributed by atoms with E-state index in [1.165, 1.54) is 32.1 Å². The first-order chi connectivity index (χ1) is 14.2. The normalized spacial score (nSPS) is 14.8. The molecule has 0 amide bonds. The highest BCUT2D eigenvalue weighted by Gasteiger charge is 2.18. The van der Waals surface area contributed by atoms with Gasteiger partial charge < -0.3 is 15.7 Å². The molecule has 0 aromatic heterocycles. The van der Waals surface area contributed by atoms with E-state index in [2.05, 4.69) is 4.72 Å². The first kappa shape index (κ1) is 24.1. The molecule has 4 N–H and O–H groups in total. The van der Waals surface area contributed by atoms with E-state index in [1.54, 1.807) is 18.2 Å². The lowest BCUT2D eigenvalue weighted by molar-refractivity contribution is -0.137. The largest absolute Gasteiger partial charge is 0.481 e. The van der Waals surface area contributed by atoms with Crippen LogP contribution < -0.4 is 15.4 Å². The van der Waals surface area contributed by atoms with Gasteiger partial charge in [-0.05, 0) is 31.4 Å². The first-order valence-electron chi connectivity index (χ1n) is 10.4. The molecule has 0 unspecified atom stereocenters. The van der Waals surface area contributed by atoms with Gasteiger partial charge in [0.25, 0.3) is 0 Å². The van der Waals surface area contributed by atoms with Crippen LogP contribution in [0.5, 0.6) is 0 Å². The number of carboxylic acid groups (broad SMARTS) is 1. The number of fused-ring (bicyclic) bond motifs is 1. The van der Waals surface area contributed by atoms with Gasteiger partial charge in [0.1, 0.15) is 0 Å². The number of sulfonamides is 1. The van der Waals surface area contributed by atoms with Gasteiger partial charge in [-0.1, -0.05) is 43.5 Å². The number of anilines is 1. The van der Waals surface area contributed by atoms with Crippen molar-refractivity contribution in [2.45, 2.75) is 55.9 Å². The summed E-state index contributed by atoms with van der Waals surface area (Å²) in [5, 5.41) is 10.1. The molecule has 8 heteroatoms. The minimum atomic E-state index is -3.69. The van der Waals surface area contributed by atoms with E-state index >= 15 is 0 Å². The number of hydrogen-bond acceptors (Lipinski definition) is 5. The molecule has 0 heterocycles. The van der Waals surface area contributed by atoms with Crippen LogP contribution in [0.4, 0.5) is 5.69 Å². The minimum absolute atomic E-state index is 0.0666. The minimum Gasteiger partial charge on any atom is -0.481 e. The quantitative estimate of drug-likeness (QED) is 0.575. The van der Waals surface area contributed by atoms with Crippen molar-refractivity contribution in [1.29, 1.82) is 0 Å². The van der Waals surface area contributed by atoms with E-state index in [0.717, 1.165) is 11.1 Å². The van der Waals surface area contributed by atoms with Crippen molar-refractivity contribution >= 4 is 32.5 Å². The molecular formula is C22H33N3O4S. The first-order valence-corrected chi connectivity index (χ1v) is 11.9. The number of benzene rings is 2. The SMILES string of the molecule is CN(C)c1cccc2c(S(=O)(=O)NCCCC(=O)O)cccc12.NC1CCCCC1. The number of rotatable bonds is 7. The lowest BCUT2D eigenvalue weighted by Gasteiger charge is -2.17. The van der Waals surface area contributed by atoms with Gasteiger partial charge in [0.05, 0.1) is 4.90 Å². The molecule has 0 radical (unpaired) electrons. The molecule has 2 aromatic carbocycles. The third-order valence-electron chi connectivity index (χ3n) is 5.14. The van der Waals surface area contributed by atoms with E-state index in [1.807, 2.05) is 37.2 Å². The predicted octanol–water partition coefficient (Wildman–Crippen LogP) is 3.33. The lowest BCUT2D eigenvalue weighted by atomic mass is 9.97. The van der Waals surface area contributed by atoms with Crippen LogP contribution in [0.2, 0.25) is 0 Å². The van der Waals surface area contributed by atoms with Crippen LogP contribution in [-0.2, 0) is 14.8 Å². The van der Waals surface area contributed by atoms with Crippen LogP contribution in [0.25, 0.3) is 10.8 Å². The molecule has 1 saturated carbocycles.